The highest BCUT2D eigenvalue weighted by Crippen LogP contribution is 2.18. The number of hydrogen-bond acceptors (Lipinski definition) is 2. The van der Waals surface area contributed by atoms with E-state index < -0.39 is 0 Å². The van der Waals surface area contributed by atoms with Crippen molar-refractivity contribution in [2.75, 3.05) is 0 Å². The SMILES string of the molecule is Cc1noc(C[NH3+])c1Br.[Cl-]. The molecular weight excluding hydrogens is 219 g/mol. The van der Waals surface area contributed by atoms with Crippen molar-refractivity contribution in [1.82, 2.24) is 5.16 Å². The molecule has 1 aromatic rings. The van der Waals surface area contributed by atoms with E-state index >= 15 is 0 Å². The fourth-order valence-corrected chi connectivity index (χ4v) is 0.904. The summed E-state index contributed by atoms with van der Waals surface area (Å²) in [5.41, 5.74) is 4.55. The molecule has 0 bridgehead atoms. The molecule has 3 nitrogen and oxygen atoms in total. The molecular formula is C5H8BrClN2O. The van der Waals surface area contributed by atoms with Crippen molar-refractivity contribution in [3.8, 4) is 0 Å². The van der Waals surface area contributed by atoms with Crippen LogP contribution >= 0.6 is 15.9 Å². The number of rotatable bonds is 1. The molecule has 10 heavy (non-hydrogen) atoms. The van der Waals surface area contributed by atoms with Crippen LogP contribution in [0.2, 0.25) is 0 Å². The lowest BCUT2D eigenvalue weighted by atomic mass is 10.4. The average Bonchev–Trinajstić information content (AvgIpc) is 2.15. The highest BCUT2D eigenvalue weighted by atomic mass is 79.9. The van der Waals surface area contributed by atoms with E-state index in [1.54, 1.807) is 0 Å². The number of quaternary nitrogens is 1. The predicted octanol–water partition coefficient (Wildman–Crippen LogP) is -2.51. The van der Waals surface area contributed by atoms with Gasteiger partial charge in [-0.15, -0.1) is 0 Å². The van der Waals surface area contributed by atoms with Gasteiger partial charge in [0.15, 0.2) is 0 Å². The Morgan fingerprint density at radius 2 is 2.30 bits per heavy atom. The first-order valence-electron chi connectivity index (χ1n) is 2.65. The van der Waals surface area contributed by atoms with Gasteiger partial charge >= 0.3 is 0 Å². The van der Waals surface area contributed by atoms with Crippen LogP contribution in [0.3, 0.4) is 0 Å². The summed E-state index contributed by atoms with van der Waals surface area (Å²) in [6, 6.07) is 0. The molecule has 3 N–H and O–H groups in total. The van der Waals surface area contributed by atoms with Crippen LogP contribution in [0.1, 0.15) is 11.5 Å². The predicted molar refractivity (Wildman–Crippen MR) is 35.5 cm³/mol. The van der Waals surface area contributed by atoms with E-state index in [0.29, 0.717) is 6.54 Å². The number of hydrogen-bond donors (Lipinski definition) is 1. The Morgan fingerprint density at radius 3 is 2.50 bits per heavy atom. The van der Waals surface area contributed by atoms with E-state index in [1.807, 2.05) is 6.92 Å². The van der Waals surface area contributed by atoms with Crippen molar-refractivity contribution in [3.05, 3.63) is 15.9 Å². The summed E-state index contributed by atoms with van der Waals surface area (Å²) in [6.07, 6.45) is 0. The summed E-state index contributed by atoms with van der Waals surface area (Å²) in [6.45, 7) is 2.52. The van der Waals surface area contributed by atoms with E-state index in [-0.39, 0.29) is 12.4 Å². The monoisotopic (exact) mass is 226 g/mol. The van der Waals surface area contributed by atoms with E-state index in [0.717, 1.165) is 15.9 Å². The summed E-state index contributed by atoms with van der Waals surface area (Å²) in [5, 5.41) is 3.73. The molecule has 1 rings (SSSR count). The molecule has 0 unspecified atom stereocenters. The van der Waals surface area contributed by atoms with Crippen LogP contribution in [-0.2, 0) is 6.54 Å². The summed E-state index contributed by atoms with van der Waals surface area (Å²) in [7, 11) is 0. The minimum atomic E-state index is 0. The Balaban J connectivity index is 0.000000810. The summed E-state index contributed by atoms with van der Waals surface area (Å²) >= 11 is 3.31. The number of halogens is 2. The highest BCUT2D eigenvalue weighted by molar-refractivity contribution is 9.10. The normalized spacial score (nSPS) is 9.10. The molecule has 0 fully saturated rings. The molecule has 0 amide bonds. The molecule has 0 saturated heterocycles. The second-order valence-corrected chi connectivity index (χ2v) is 2.55. The quantitative estimate of drug-likeness (QED) is 0.576. The molecule has 0 atom stereocenters. The fourth-order valence-electron chi connectivity index (χ4n) is 0.561. The van der Waals surface area contributed by atoms with Crippen LogP contribution in [0.25, 0.3) is 0 Å². The number of nitrogens with zero attached hydrogens (tertiary/aromatic N) is 1. The topological polar surface area (TPSA) is 53.7 Å². The van der Waals surface area contributed by atoms with Crippen molar-refractivity contribution < 1.29 is 22.7 Å². The van der Waals surface area contributed by atoms with Gasteiger partial charge in [-0.1, -0.05) is 5.16 Å². The molecule has 58 valence electrons. The fraction of sp³-hybridized carbons (Fsp3) is 0.400. The summed E-state index contributed by atoms with van der Waals surface area (Å²) in [4.78, 5) is 0. The van der Waals surface area contributed by atoms with Gasteiger partial charge in [-0.3, -0.25) is 0 Å². The minimum Gasteiger partial charge on any atom is -1.00 e. The molecule has 0 aromatic carbocycles. The van der Waals surface area contributed by atoms with Gasteiger partial charge in [0.1, 0.15) is 6.54 Å². The molecule has 0 aliphatic heterocycles. The number of aromatic nitrogens is 1. The van der Waals surface area contributed by atoms with Crippen molar-refractivity contribution in [1.29, 1.82) is 0 Å². The third-order valence-corrected chi connectivity index (χ3v) is 2.10. The standard InChI is InChI=1S/C5H7BrN2O.ClH/c1-3-5(6)4(2-7)9-8-3;/h2,7H2,1H3;1H. The van der Waals surface area contributed by atoms with Crippen LogP contribution < -0.4 is 18.1 Å². The second-order valence-electron chi connectivity index (χ2n) is 1.76. The Labute approximate surface area is 73.5 Å². The van der Waals surface area contributed by atoms with Crippen LogP contribution in [0, 0.1) is 6.92 Å². The van der Waals surface area contributed by atoms with Gasteiger partial charge in [0.25, 0.3) is 0 Å². The number of aryl methyl sites for hydroxylation is 1. The highest BCUT2D eigenvalue weighted by Gasteiger charge is 2.07. The van der Waals surface area contributed by atoms with E-state index in [1.165, 1.54) is 0 Å². The van der Waals surface area contributed by atoms with Gasteiger partial charge in [0.05, 0.1) is 10.2 Å². The van der Waals surface area contributed by atoms with Gasteiger partial charge in [-0.25, -0.2) is 0 Å². The maximum Gasteiger partial charge on any atom is 0.205 e. The van der Waals surface area contributed by atoms with Crippen molar-refractivity contribution >= 4 is 15.9 Å². The maximum absolute atomic E-state index is 4.88. The largest absolute Gasteiger partial charge is 1.00 e. The third kappa shape index (κ3) is 1.71. The third-order valence-electron chi connectivity index (χ3n) is 1.08. The lowest BCUT2D eigenvalue weighted by molar-refractivity contribution is -0.390. The maximum atomic E-state index is 4.88. The zero-order valence-electron chi connectivity index (χ0n) is 5.53. The Morgan fingerprint density at radius 1 is 1.70 bits per heavy atom. The Kier molecular flexibility index (Phi) is 3.93. The molecule has 0 aliphatic carbocycles. The van der Waals surface area contributed by atoms with E-state index in [4.69, 9.17) is 4.52 Å². The Bertz CT molecular complexity index is 213. The molecule has 1 aromatic heterocycles. The van der Waals surface area contributed by atoms with Gasteiger partial charge < -0.3 is 22.7 Å². The van der Waals surface area contributed by atoms with Gasteiger partial charge in [-0.2, -0.15) is 0 Å². The summed E-state index contributed by atoms with van der Waals surface area (Å²) < 4.78 is 5.83. The lowest BCUT2D eigenvalue weighted by Gasteiger charge is -1.82. The summed E-state index contributed by atoms with van der Waals surface area (Å²) in [5.74, 6) is 0.813. The smallest absolute Gasteiger partial charge is 0.205 e. The van der Waals surface area contributed by atoms with Gasteiger partial charge in [-0.05, 0) is 22.9 Å². The zero-order chi connectivity index (χ0) is 6.85. The van der Waals surface area contributed by atoms with E-state index in [9.17, 15) is 0 Å². The second kappa shape index (κ2) is 3.95. The molecule has 0 spiro atoms. The van der Waals surface area contributed by atoms with E-state index in [2.05, 4.69) is 26.8 Å². The molecule has 1 heterocycles. The van der Waals surface area contributed by atoms with Crippen molar-refractivity contribution in [2.24, 2.45) is 0 Å². The zero-order valence-corrected chi connectivity index (χ0v) is 7.87. The van der Waals surface area contributed by atoms with Crippen molar-refractivity contribution in [3.63, 3.8) is 0 Å². The first-order valence-corrected chi connectivity index (χ1v) is 3.45. The van der Waals surface area contributed by atoms with Crippen LogP contribution in [-0.4, -0.2) is 5.16 Å². The van der Waals surface area contributed by atoms with Gasteiger partial charge in [0, 0.05) is 0 Å². The van der Waals surface area contributed by atoms with Crippen molar-refractivity contribution in [2.45, 2.75) is 13.5 Å². The van der Waals surface area contributed by atoms with Gasteiger partial charge in [0.2, 0.25) is 5.76 Å². The molecule has 0 aliphatic rings. The first-order chi connectivity index (χ1) is 4.25. The average molecular weight is 227 g/mol. The molecule has 5 heteroatoms. The molecule has 0 radical (unpaired) electrons. The first kappa shape index (κ1) is 9.94. The Hall–Kier alpha value is -0.0600. The molecule has 0 saturated carbocycles. The van der Waals surface area contributed by atoms with Crippen LogP contribution in [0.5, 0.6) is 0 Å². The minimum absolute atomic E-state index is 0. The lowest BCUT2D eigenvalue weighted by Crippen LogP contribution is -3.00. The van der Waals surface area contributed by atoms with Crippen LogP contribution in [0.4, 0.5) is 0 Å². The van der Waals surface area contributed by atoms with Crippen LogP contribution in [0.15, 0.2) is 9.00 Å².